The van der Waals surface area contributed by atoms with Crippen molar-refractivity contribution in [3.63, 3.8) is 0 Å². The van der Waals surface area contributed by atoms with E-state index >= 15 is 0 Å². The monoisotopic (exact) mass is 198 g/mol. The molecule has 0 aromatic rings. The predicted octanol–water partition coefficient (Wildman–Crippen LogP) is 2.09. The van der Waals surface area contributed by atoms with Gasteiger partial charge in [0.05, 0.1) is 0 Å². The molecule has 0 aliphatic carbocycles. The predicted molar refractivity (Wildman–Crippen MR) is 62.2 cm³/mol. The SMILES string of the molecule is CC1CC(C)N(C(C)(CN)C(C)C)C1. The molecule has 14 heavy (non-hydrogen) atoms. The zero-order chi connectivity index (χ0) is 10.9. The van der Waals surface area contributed by atoms with Gasteiger partial charge in [0.25, 0.3) is 0 Å². The maximum atomic E-state index is 5.95. The van der Waals surface area contributed by atoms with E-state index in [1.54, 1.807) is 0 Å². The topological polar surface area (TPSA) is 29.3 Å². The molecule has 2 heteroatoms. The molecule has 0 saturated carbocycles. The third kappa shape index (κ3) is 1.96. The van der Waals surface area contributed by atoms with Crippen LogP contribution >= 0.6 is 0 Å². The molecule has 1 aliphatic heterocycles. The summed E-state index contributed by atoms with van der Waals surface area (Å²) >= 11 is 0. The largest absolute Gasteiger partial charge is 0.329 e. The van der Waals surface area contributed by atoms with Crippen molar-refractivity contribution in [2.24, 2.45) is 17.6 Å². The highest BCUT2D eigenvalue weighted by molar-refractivity contribution is 4.96. The van der Waals surface area contributed by atoms with Crippen molar-refractivity contribution in [3.05, 3.63) is 0 Å². The van der Waals surface area contributed by atoms with Crippen LogP contribution in [0.3, 0.4) is 0 Å². The van der Waals surface area contributed by atoms with Gasteiger partial charge in [-0.2, -0.15) is 0 Å². The summed E-state index contributed by atoms with van der Waals surface area (Å²) in [7, 11) is 0. The fourth-order valence-electron chi connectivity index (χ4n) is 2.70. The Morgan fingerprint density at radius 3 is 2.29 bits per heavy atom. The quantitative estimate of drug-likeness (QED) is 0.752. The van der Waals surface area contributed by atoms with Crippen molar-refractivity contribution >= 4 is 0 Å². The molecule has 1 rings (SSSR count). The second-order valence-corrected chi connectivity index (χ2v) is 5.56. The minimum atomic E-state index is 0.185. The lowest BCUT2D eigenvalue weighted by Crippen LogP contribution is -2.56. The van der Waals surface area contributed by atoms with E-state index < -0.39 is 0 Å². The minimum absolute atomic E-state index is 0.185. The summed E-state index contributed by atoms with van der Waals surface area (Å²) in [4.78, 5) is 2.61. The molecule has 1 saturated heterocycles. The van der Waals surface area contributed by atoms with E-state index in [9.17, 15) is 0 Å². The Hall–Kier alpha value is -0.0800. The molecular formula is C12H26N2. The van der Waals surface area contributed by atoms with Gasteiger partial charge in [-0.1, -0.05) is 20.8 Å². The molecule has 0 aromatic carbocycles. The second kappa shape index (κ2) is 4.19. The molecule has 3 unspecified atom stereocenters. The Morgan fingerprint density at radius 1 is 1.43 bits per heavy atom. The summed E-state index contributed by atoms with van der Waals surface area (Å²) in [5.41, 5.74) is 6.14. The van der Waals surface area contributed by atoms with Crippen molar-refractivity contribution in [2.45, 2.75) is 52.6 Å². The molecule has 1 aliphatic rings. The zero-order valence-corrected chi connectivity index (χ0v) is 10.4. The molecule has 0 radical (unpaired) electrons. The second-order valence-electron chi connectivity index (χ2n) is 5.56. The fraction of sp³-hybridized carbons (Fsp3) is 1.00. The molecule has 2 N–H and O–H groups in total. The lowest BCUT2D eigenvalue weighted by atomic mass is 9.86. The average molecular weight is 198 g/mol. The molecule has 3 atom stereocenters. The lowest BCUT2D eigenvalue weighted by Gasteiger charge is -2.44. The van der Waals surface area contributed by atoms with Gasteiger partial charge in [0, 0.05) is 24.7 Å². The number of nitrogens with two attached hydrogens (primary N) is 1. The standard InChI is InChI=1S/C12H26N2/c1-9(2)12(5,8-13)14-7-10(3)6-11(14)4/h9-11H,6-8,13H2,1-5H3. The first-order chi connectivity index (χ1) is 6.41. The Morgan fingerprint density at radius 2 is 2.00 bits per heavy atom. The summed E-state index contributed by atoms with van der Waals surface area (Å²) in [6.45, 7) is 13.5. The normalized spacial score (nSPS) is 33.6. The molecule has 0 aromatic heterocycles. The van der Waals surface area contributed by atoms with Crippen molar-refractivity contribution in [2.75, 3.05) is 13.1 Å². The molecule has 0 spiro atoms. The Labute approximate surface area is 88.8 Å². The van der Waals surface area contributed by atoms with E-state index in [2.05, 4.69) is 39.5 Å². The van der Waals surface area contributed by atoms with Gasteiger partial charge in [0.1, 0.15) is 0 Å². The molecule has 0 bridgehead atoms. The minimum Gasteiger partial charge on any atom is -0.329 e. The first-order valence-corrected chi connectivity index (χ1v) is 5.88. The van der Waals surface area contributed by atoms with Crippen LogP contribution in [0.5, 0.6) is 0 Å². The van der Waals surface area contributed by atoms with Gasteiger partial charge in [0.15, 0.2) is 0 Å². The van der Waals surface area contributed by atoms with E-state index in [0.717, 1.165) is 12.5 Å². The van der Waals surface area contributed by atoms with Crippen LogP contribution in [0.1, 0.15) is 41.0 Å². The van der Waals surface area contributed by atoms with Crippen LogP contribution in [0.2, 0.25) is 0 Å². The van der Waals surface area contributed by atoms with Gasteiger partial charge in [-0.15, -0.1) is 0 Å². The van der Waals surface area contributed by atoms with Gasteiger partial charge in [-0.25, -0.2) is 0 Å². The Balaban J connectivity index is 2.79. The van der Waals surface area contributed by atoms with Crippen molar-refractivity contribution in [3.8, 4) is 0 Å². The van der Waals surface area contributed by atoms with E-state index in [-0.39, 0.29) is 5.54 Å². The van der Waals surface area contributed by atoms with E-state index in [1.807, 2.05) is 0 Å². The van der Waals surface area contributed by atoms with Crippen LogP contribution in [-0.2, 0) is 0 Å². The van der Waals surface area contributed by atoms with E-state index in [0.29, 0.717) is 12.0 Å². The lowest BCUT2D eigenvalue weighted by molar-refractivity contribution is 0.0592. The van der Waals surface area contributed by atoms with E-state index in [4.69, 9.17) is 5.73 Å². The number of hydrogen-bond acceptors (Lipinski definition) is 2. The number of rotatable bonds is 3. The van der Waals surface area contributed by atoms with Gasteiger partial charge in [-0.05, 0) is 32.1 Å². The molecule has 84 valence electrons. The number of nitrogens with zero attached hydrogens (tertiary/aromatic N) is 1. The molecule has 0 amide bonds. The highest BCUT2D eigenvalue weighted by Crippen LogP contribution is 2.33. The summed E-state index contributed by atoms with van der Waals surface area (Å²) in [6, 6.07) is 0.695. The zero-order valence-electron chi connectivity index (χ0n) is 10.4. The first-order valence-electron chi connectivity index (χ1n) is 5.88. The van der Waals surface area contributed by atoms with Crippen LogP contribution in [-0.4, -0.2) is 29.6 Å². The maximum Gasteiger partial charge on any atom is 0.0329 e. The van der Waals surface area contributed by atoms with Gasteiger partial charge in [0.2, 0.25) is 0 Å². The highest BCUT2D eigenvalue weighted by atomic mass is 15.3. The first kappa shape index (κ1) is 12.0. The number of likely N-dealkylation sites (tertiary alicyclic amines) is 1. The van der Waals surface area contributed by atoms with Crippen LogP contribution in [0.15, 0.2) is 0 Å². The highest BCUT2D eigenvalue weighted by Gasteiger charge is 2.40. The van der Waals surface area contributed by atoms with Crippen LogP contribution in [0, 0.1) is 11.8 Å². The third-order valence-corrected chi connectivity index (χ3v) is 4.10. The summed E-state index contributed by atoms with van der Waals surface area (Å²) < 4.78 is 0. The van der Waals surface area contributed by atoms with E-state index in [1.165, 1.54) is 13.0 Å². The molecule has 1 fully saturated rings. The maximum absolute atomic E-state index is 5.95. The Kier molecular flexibility index (Phi) is 3.59. The van der Waals surface area contributed by atoms with Crippen LogP contribution in [0.4, 0.5) is 0 Å². The number of hydrogen-bond donors (Lipinski definition) is 1. The van der Waals surface area contributed by atoms with Crippen molar-refractivity contribution < 1.29 is 0 Å². The average Bonchev–Trinajstić information content (AvgIpc) is 2.44. The smallest absolute Gasteiger partial charge is 0.0329 e. The van der Waals surface area contributed by atoms with Crippen molar-refractivity contribution in [1.29, 1.82) is 0 Å². The summed E-state index contributed by atoms with van der Waals surface area (Å²) in [5, 5.41) is 0. The van der Waals surface area contributed by atoms with Crippen molar-refractivity contribution in [1.82, 2.24) is 4.90 Å². The molecule has 1 heterocycles. The summed E-state index contributed by atoms with van der Waals surface area (Å²) in [6.07, 6.45) is 1.32. The van der Waals surface area contributed by atoms with Gasteiger partial charge in [-0.3, -0.25) is 4.90 Å². The van der Waals surface area contributed by atoms with Crippen LogP contribution in [0.25, 0.3) is 0 Å². The molecular weight excluding hydrogens is 172 g/mol. The van der Waals surface area contributed by atoms with Crippen LogP contribution < -0.4 is 5.73 Å². The Bertz CT molecular complexity index is 191. The third-order valence-electron chi connectivity index (χ3n) is 4.10. The van der Waals surface area contributed by atoms with Gasteiger partial charge >= 0.3 is 0 Å². The fourth-order valence-corrected chi connectivity index (χ4v) is 2.70. The molecule has 2 nitrogen and oxygen atoms in total. The van der Waals surface area contributed by atoms with Gasteiger partial charge < -0.3 is 5.73 Å². The summed E-state index contributed by atoms with van der Waals surface area (Å²) in [5.74, 6) is 1.45.